The van der Waals surface area contributed by atoms with Gasteiger partial charge in [-0.2, -0.15) is 0 Å². The average molecular weight is 341 g/mol. The Hall–Kier alpha value is -0.900. The summed E-state index contributed by atoms with van der Waals surface area (Å²) in [4.78, 5) is 22.6. The number of carbonyl (C=O) groups is 2. The molecule has 114 valence electrons. The lowest BCUT2D eigenvalue weighted by atomic mass is 10.3. The minimum atomic E-state index is -0.295. The molecule has 20 heavy (non-hydrogen) atoms. The Labute approximate surface area is 131 Å². The topological polar surface area (TPSA) is 107 Å². The van der Waals surface area contributed by atoms with E-state index in [0.29, 0.717) is 35.5 Å². The van der Waals surface area contributed by atoms with Gasteiger partial charge in [-0.3, -0.25) is 9.59 Å². The lowest BCUT2D eigenvalue weighted by Crippen LogP contribution is -2.13. The molecule has 3 N–H and O–H groups in total. The summed E-state index contributed by atoms with van der Waals surface area (Å²) < 4.78 is 5.41. The van der Waals surface area contributed by atoms with Crippen molar-refractivity contribution in [3.63, 3.8) is 0 Å². The Morgan fingerprint density at radius 3 is 2.85 bits per heavy atom. The maximum Gasteiger partial charge on any atom is 0.316 e. The molecular formula is C10H17ClN4O3S2. The molecule has 0 aliphatic carbocycles. The van der Waals surface area contributed by atoms with Gasteiger partial charge in [-0.1, -0.05) is 23.1 Å². The standard InChI is InChI=1S/C10H16N4O3S2.ClH/c1-2-17-8(16)6-18-10-14-13-9(19-10)12-7(15)4-3-5-11;/h2-6,11H2,1H3,(H,12,13,15);1H. The summed E-state index contributed by atoms with van der Waals surface area (Å²) in [5.41, 5.74) is 5.31. The fourth-order valence-electron chi connectivity index (χ4n) is 1.09. The number of hydrogen-bond donors (Lipinski definition) is 2. The largest absolute Gasteiger partial charge is 0.465 e. The third-order valence-corrected chi connectivity index (χ3v) is 3.83. The molecule has 1 heterocycles. The first kappa shape index (κ1) is 19.1. The molecule has 1 rings (SSSR count). The molecule has 0 aliphatic rings. The van der Waals surface area contributed by atoms with Gasteiger partial charge in [0.15, 0.2) is 4.34 Å². The van der Waals surface area contributed by atoms with Gasteiger partial charge in [0.25, 0.3) is 0 Å². The van der Waals surface area contributed by atoms with Crippen LogP contribution in [-0.4, -0.2) is 41.0 Å². The number of amides is 1. The number of nitrogens with two attached hydrogens (primary N) is 1. The molecule has 1 aromatic heterocycles. The molecule has 0 aliphatic heterocycles. The highest BCUT2D eigenvalue weighted by Crippen LogP contribution is 2.25. The molecule has 1 amide bonds. The molecule has 0 saturated heterocycles. The summed E-state index contributed by atoms with van der Waals surface area (Å²) in [6.07, 6.45) is 0.997. The van der Waals surface area contributed by atoms with Crippen LogP contribution in [0, 0.1) is 0 Å². The zero-order chi connectivity index (χ0) is 14.1. The lowest BCUT2D eigenvalue weighted by Gasteiger charge is -1.99. The predicted octanol–water partition coefficient (Wildman–Crippen LogP) is 1.29. The van der Waals surface area contributed by atoms with Gasteiger partial charge in [0, 0.05) is 6.42 Å². The van der Waals surface area contributed by atoms with E-state index in [1.54, 1.807) is 6.92 Å². The maximum atomic E-state index is 11.4. The minimum Gasteiger partial charge on any atom is -0.465 e. The molecule has 7 nitrogen and oxygen atoms in total. The van der Waals surface area contributed by atoms with Gasteiger partial charge in [0.2, 0.25) is 11.0 Å². The smallest absolute Gasteiger partial charge is 0.316 e. The number of hydrogen-bond acceptors (Lipinski definition) is 8. The van der Waals surface area contributed by atoms with E-state index in [1.807, 2.05) is 0 Å². The third kappa shape index (κ3) is 7.63. The second-order valence-corrected chi connectivity index (χ2v) is 5.61. The Morgan fingerprint density at radius 2 is 2.20 bits per heavy atom. The van der Waals surface area contributed by atoms with E-state index < -0.39 is 0 Å². The van der Waals surface area contributed by atoms with E-state index in [1.165, 1.54) is 23.1 Å². The molecule has 0 saturated carbocycles. The van der Waals surface area contributed by atoms with Gasteiger partial charge < -0.3 is 15.8 Å². The van der Waals surface area contributed by atoms with Crippen molar-refractivity contribution in [3.05, 3.63) is 0 Å². The van der Waals surface area contributed by atoms with Gasteiger partial charge in [0.05, 0.1) is 12.4 Å². The SMILES string of the molecule is CCOC(=O)CSc1nnc(NC(=O)CCCN)s1.Cl. The molecule has 10 heteroatoms. The second kappa shape index (κ2) is 10.8. The van der Waals surface area contributed by atoms with E-state index in [4.69, 9.17) is 10.5 Å². The highest BCUT2D eigenvalue weighted by molar-refractivity contribution is 8.01. The van der Waals surface area contributed by atoms with E-state index in [0.717, 1.165) is 0 Å². The van der Waals surface area contributed by atoms with Crippen LogP contribution in [0.4, 0.5) is 5.13 Å². The van der Waals surface area contributed by atoms with Crippen LogP contribution in [0.2, 0.25) is 0 Å². The van der Waals surface area contributed by atoms with Gasteiger partial charge in [-0.15, -0.1) is 22.6 Å². The average Bonchev–Trinajstić information content (AvgIpc) is 2.82. The van der Waals surface area contributed by atoms with Crippen LogP contribution in [0.3, 0.4) is 0 Å². The molecule has 0 radical (unpaired) electrons. The number of halogens is 1. The van der Waals surface area contributed by atoms with E-state index in [9.17, 15) is 9.59 Å². The normalized spacial score (nSPS) is 9.70. The van der Waals surface area contributed by atoms with Crippen LogP contribution in [0.1, 0.15) is 19.8 Å². The molecule has 0 aromatic carbocycles. The van der Waals surface area contributed by atoms with Crippen LogP contribution >= 0.6 is 35.5 Å². The zero-order valence-electron chi connectivity index (χ0n) is 11.0. The van der Waals surface area contributed by atoms with Crippen molar-refractivity contribution in [1.29, 1.82) is 0 Å². The number of ether oxygens (including phenoxy) is 1. The van der Waals surface area contributed by atoms with Crippen molar-refractivity contribution in [3.8, 4) is 0 Å². The summed E-state index contributed by atoms with van der Waals surface area (Å²) in [5.74, 6) is -0.247. The van der Waals surface area contributed by atoms with Crippen molar-refractivity contribution >= 4 is 52.5 Å². The van der Waals surface area contributed by atoms with Gasteiger partial charge in [0.1, 0.15) is 0 Å². The lowest BCUT2D eigenvalue weighted by molar-refractivity contribution is -0.139. The Balaban J connectivity index is 0.00000361. The van der Waals surface area contributed by atoms with Gasteiger partial charge in [-0.05, 0) is 19.9 Å². The predicted molar refractivity (Wildman–Crippen MR) is 81.4 cm³/mol. The van der Waals surface area contributed by atoms with Gasteiger partial charge >= 0.3 is 5.97 Å². The molecule has 0 unspecified atom stereocenters. The fourth-order valence-corrected chi connectivity index (χ4v) is 2.65. The number of rotatable bonds is 8. The van der Waals surface area contributed by atoms with E-state index in [2.05, 4.69) is 15.5 Å². The third-order valence-electron chi connectivity index (χ3n) is 1.88. The number of esters is 1. The van der Waals surface area contributed by atoms with Crippen LogP contribution in [0.15, 0.2) is 4.34 Å². The van der Waals surface area contributed by atoms with Crippen molar-refractivity contribution < 1.29 is 14.3 Å². The Kier molecular flexibility index (Phi) is 10.3. The minimum absolute atomic E-state index is 0. The molecular weight excluding hydrogens is 324 g/mol. The first-order valence-electron chi connectivity index (χ1n) is 5.77. The van der Waals surface area contributed by atoms with Crippen molar-refractivity contribution in [2.24, 2.45) is 5.73 Å². The summed E-state index contributed by atoms with van der Waals surface area (Å²) in [7, 11) is 0. The summed E-state index contributed by atoms with van der Waals surface area (Å²) in [6.45, 7) is 2.59. The number of carbonyl (C=O) groups excluding carboxylic acids is 2. The van der Waals surface area contributed by atoms with E-state index in [-0.39, 0.29) is 30.0 Å². The fraction of sp³-hybridized carbons (Fsp3) is 0.600. The highest BCUT2D eigenvalue weighted by atomic mass is 35.5. The van der Waals surface area contributed by atoms with Gasteiger partial charge in [-0.25, -0.2) is 0 Å². The van der Waals surface area contributed by atoms with Crippen LogP contribution < -0.4 is 11.1 Å². The van der Waals surface area contributed by atoms with Crippen molar-refractivity contribution in [2.45, 2.75) is 24.1 Å². The van der Waals surface area contributed by atoms with E-state index >= 15 is 0 Å². The Bertz CT molecular complexity index is 430. The molecule has 0 atom stereocenters. The first-order valence-corrected chi connectivity index (χ1v) is 7.57. The first-order chi connectivity index (χ1) is 9.15. The summed E-state index contributed by atoms with van der Waals surface area (Å²) in [6, 6.07) is 0. The second-order valence-electron chi connectivity index (χ2n) is 3.41. The monoisotopic (exact) mass is 340 g/mol. The molecule has 1 aromatic rings. The number of anilines is 1. The molecule has 0 bridgehead atoms. The highest BCUT2D eigenvalue weighted by Gasteiger charge is 2.10. The summed E-state index contributed by atoms with van der Waals surface area (Å²) >= 11 is 2.46. The number of aromatic nitrogens is 2. The Morgan fingerprint density at radius 1 is 1.45 bits per heavy atom. The van der Waals surface area contributed by atoms with Crippen LogP contribution in [-0.2, 0) is 14.3 Å². The molecule has 0 spiro atoms. The number of thioether (sulfide) groups is 1. The molecule has 0 fully saturated rings. The zero-order valence-corrected chi connectivity index (χ0v) is 13.4. The number of nitrogens with zero attached hydrogens (tertiary/aromatic N) is 2. The van der Waals surface area contributed by atoms with Crippen LogP contribution in [0.5, 0.6) is 0 Å². The summed E-state index contributed by atoms with van der Waals surface area (Å²) in [5, 5.41) is 10.7. The maximum absolute atomic E-state index is 11.4. The quantitative estimate of drug-likeness (QED) is 0.417. The number of nitrogens with one attached hydrogen (secondary N) is 1. The van der Waals surface area contributed by atoms with Crippen LogP contribution in [0.25, 0.3) is 0 Å². The van der Waals surface area contributed by atoms with Crippen molar-refractivity contribution in [2.75, 3.05) is 24.2 Å². The van der Waals surface area contributed by atoms with Crippen molar-refractivity contribution in [1.82, 2.24) is 10.2 Å².